The molecule has 10 aromatic rings. The first-order chi connectivity index (χ1) is 28.7. The Hall–Kier alpha value is -7.62. The summed E-state index contributed by atoms with van der Waals surface area (Å²) in [6, 6.07) is 69.4. The van der Waals surface area contributed by atoms with E-state index in [4.69, 9.17) is 4.42 Å². The first-order valence-corrected chi connectivity index (χ1v) is 19.8. The Morgan fingerprint density at radius 2 is 1.03 bits per heavy atom. The molecule has 0 amide bonds. The van der Waals surface area contributed by atoms with Gasteiger partial charge in [0.05, 0.1) is 16.7 Å². The van der Waals surface area contributed by atoms with Crippen molar-refractivity contribution in [1.82, 2.24) is 4.57 Å². The van der Waals surface area contributed by atoms with Gasteiger partial charge in [0.25, 0.3) is 0 Å². The van der Waals surface area contributed by atoms with E-state index in [0.717, 1.165) is 56.2 Å². The van der Waals surface area contributed by atoms with Gasteiger partial charge in [0.2, 0.25) is 0 Å². The number of allylic oxidation sites excluding steroid dienone is 1. The molecule has 58 heavy (non-hydrogen) atoms. The van der Waals surface area contributed by atoms with Gasteiger partial charge in [0.15, 0.2) is 5.58 Å². The first-order valence-electron chi connectivity index (χ1n) is 19.8. The molecule has 0 fully saturated rings. The second kappa shape index (κ2) is 14.8. The van der Waals surface area contributed by atoms with Crippen molar-refractivity contribution >= 4 is 62.0 Å². The molecule has 276 valence electrons. The fourth-order valence-electron chi connectivity index (χ4n) is 8.52. The summed E-state index contributed by atoms with van der Waals surface area (Å²) in [7, 11) is 0. The SMILES string of the molecule is C=Cc1oc2c(N(c3ccc(-c4ccccc4-c4ccccc4)cc3)c3ccc(-c4cccc5c6ccccc6n(-c6ccccc6)c45)cc3)cccc2c1/C=C\C. The van der Waals surface area contributed by atoms with Crippen molar-refractivity contribution < 1.29 is 4.42 Å². The molecule has 3 nitrogen and oxygen atoms in total. The average Bonchev–Trinajstić information content (AvgIpc) is 3.83. The number of hydrogen-bond acceptors (Lipinski definition) is 2. The minimum Gasteiger partial charge on any atom is -0.454 e. The predicted molar refractivity (Wildman–Crippen MR) is 246 cm³/mol. The van der Waals surface area contributed by atoms with Crippen molar-refractivity contribution in [2.75, 3.05) is 4.90 Å². The summed E-state index contributed by atoms with van der Waals surface area (Å²) >= 11 is 0. The molecule has 0 saturated carbocycles. The molecule has 10 rings (SSSR count). The van der Waals surface area contributed by atoms with E-state index in [2.05, 4.69) is 216 Å². The number of rotatable bonds is 9. The fourth-order valence-corrected chi connectivity index (χ4v) is 8.52. The van der Waals surface area contributed by atoms with Gasteiger partial charge in [-0.15, -0.1) is 0 Å². The van der Waals surface area contributed by atoms with Gasteiger partial charge in [-0.1, -0.05) is 164 Å². The van der Waals surface area contributed by atoms with Crippen molar-refractivity contribution in [2.24, 2.45) is 0 Å². The van der Waals surface area contributed by atoms with Crippen LogP contribution in [0, 0.1) is 0 Å². The lowest BCUT2D eigenvalue weighted by atomic mass is 9.94. The van der Waals surface area contributed by atoms with Crippen LogP contribution in [0.15, 0.2) is 211 Å². The highest BCUT2D eigenvalue weighted by atomic mass is 16.3. The molecule has 2 heterocycles. The van der Waals surface area contributed by atoms with Gasteiger partial charge in [0.1, 0.15) is 5.76 Å². The lowest BCUT2D eigenvalue weighted by Gasteiger charge is -2.26. The molecule has 0 atom stereocenters. The van der Waals surface area contributed by atoms with E-state index < -0.39 is 0 Å². The van der Waals surface area contributed by atoms with E-state index in [-0.39, 0.29) is 0 Å². The highest BCUT2D eigenvalue weighted by Gasteiger charge is 2.22. The highest BCUT2D eigenvalue weighted by molar-refractivity contribution is 6.14. The maximum Gasteiger partial charge on any atom is 0.159 e. The van der Waals surface area contributed by atoms with Crippen LogP contribution < -0.4 is 4.90 Å². The Bertz CT molecular complexity index is 3110. The lowest BCUT2D eigenvalue weighted by Crippen LogP contribution is -2.10. The van der Waals surface area contributed by atoms with Crippen LogP contribution in [0.5, 0.6) is 0 Å². The smallest absolute Gasteiger partial charge is 0.159 e. The van der Waals surface area contributed by atoms with E-state index in [1.807, 2.05) is 13.0 Å². The van der Waals surface area contributed by atoms with Crippen LogP contribution in [0.3, 0.4) is 0 Å². The Balaban J connectivity index is 1.13. The monoisotopic (exact) mass is 744 g/mol. The normalized spacial score (nSPS) is 11.5. The zero-order valence-electron chi connectivity index (χ0n) is 32.2. The van der Waals surface area contributed by atoms with Crippen LogP contribution in [0.25, 0.3) is 84.0 Å². The summed E-state index contributed by atoms with van der Waals surface area (Å²) in [5, 5.41) is 3.51. The van der Waals surface area contributed by atoms with Gasteiger partial charge in [-0.25, -0.2) is 0 Å². The molecular weight excluding hydrogens is 705 g/mol. The Morgan fingerprint density at radius 1 is 0.500 bits per heavy atom. The third-order valence-corrected chi connectivity index (χ3v) is 11.1. The fraction of sp³-hybridized carbons (Fsp3) is 0.0182. The molecule has 0 aliphatic carbocycles. The van der Waals surface area contributed by atoms with Crippen LogP contribution in [-0.2, 0) is 0 Å². The van der Waals surface area contributed by atoms with Crippen LogP contribution in [0.2, 0.25) is 0 Å². The van der Waals surface area contributed by atoms with E-state index in [9.17, 15) is 0 Å². The number of aromatic nitrogens is 1. The van der Waals surface area contributed by atoms with Gasteiger partial charge in [-0.05, 0) is 89.3 Å². The number of furan rings is 1. The van der Waals surface area contributed by atoms with Gasteiger partial charge < -0.3 is 13.9 Å². The maximum absolute atomic E-state index is 6.63. The third kappa shape index (κ3) is 5.93. The standard InChI is InChI=1S/C55H40N2O/c1-3-17-48-50-27-16-29-52(55(50)58-53(48)4-2)56(42-34-30-39(31-35-42)45-23-12-11-22-44(45)38-18-7-5-8-19-38)43-36-32-40(33-37-43)46-25-15-26-49-47-24-13-14-28-51(47)57(54(46)49)41-20-9-6-10-21-41/h3-37H,2H2,1H3/b17-3-. The Morgan fingerprint density at radius 3 is 1.71 bits per heavy atom. The van der Waals surface area contributed by atoms with Gasteiger partial charge in [-0.3, -0.25) is 0 Å². The summed E-state index contributed by atoms with van der Waals surface area (Å²) < 4.78 is 9.02. The molecule has 0 spiro atoms. The second-order valence-corrected chi connectivity index (χ2v) is 14.5. The molecule has 3 heteroatoms. The second-order valence-electron chi connectivity index (χ2n) is 14.5. The Kier molecular flexibility index (Phi) is 8.89. The molecule has 0 saturated heterocycles. The summed E-state index contributed by atoms with van der Waals surface area (Å²) in [6.07, 6.45) is 5.94. The predicted octanol–water partition coefficient (Wildman–Crippen LogP) is 15.7. The number of para-hydroxylation sites is 4. The van der Waals surface area contributed by atoms with Crippen molar-refractivity contribution in [2.45, 2.75) is 6.92 Å². The summed E-state index contributed by atoms with van der Waals surface area (Å²) in [5.74, 6) is 0.755. The topological polar surface area (TPSA) is 21.3 Å². The minimum absolute atomic E-state index is 0.755. The van der Waals surface area contributed by atoms with E-state index >= 15 is 0 Å². The molecule has 0 radical (unpaired) electrons. The lowest BCUT2D eigenvalue weighted by molar-refractivity contribution is 0.604. The van der Waals surface area contributed by atoms with Gasteiger partial charge in [-0.2, -0.15) is 0 Å². The number of anilines is 3. The van der Waals surface area contributed by atoms with Crippen molar-refractivity contribution in [1.29, 1.82) is 0 Å². The quantitative estimate of drug-likeness (QED) is 0.147. The minimum atomic E-state index is 0.755. The van der Waals surface area contributed by atoms with Gasteiger partial charge in [0, 0.05) is 44.3 Å². The molecule has 2 aromatic heterocycles. The summed E-state index contributed by atoms with van der Waals surface area (Å²) in [5.41, 5.74) is 15.4. The number of nitrogens with zero attached hydrogens (tertiary/aromatic N) is 2. The van der Waals surface area contributed by atoms with Crippen LogP contribution in [0.4, 0.5) is 17.1 Å². The van der Waals surface area contributed by atoms with Gasteiger partial charge >= 0.3 is 0 Å². The number of hydrogen-bond donors (Lipinski definition) is 0. The largest absolute Gasteiger partial charge is 0.454 e. The number of fused-ring (bicyclic) bond motifs is 4. The van der Waals surface area contributed by atoms with Crippen LogP contribution >= 0.6 is 0 Å². The summed E-state index contributed by atoms with van der Waals surface area (Å²) in [4.78, 5) is 2.30. The highest BCUT2D eigenvalue weighted by Crippen LogP contribution is 2.44. The zero-order chi connectivity index (χ0) is 39.0. The summed E-state index contributed by atoms with van der Waals surface area (Å²) in [6.45, 7) is 6.11. The van der Waals surface area contributed by atoms with Crippen LogP contribution in [-0.4, -0.2) is 4.57 Å². The molecule has 0 bridgehead atoms. The molecule has 0 aliphatic rings. The van der Waals surface area contributed by atoms with Crippen molar-refractivity contribution in [3.8, 4) is 39.1 Å². The Labute approximate surface area is 338 Å². The molecular formula is C55H40N2O. The third-order valence-electron chi connectivity index (χ3n) is 11.1. The number of benzene rings is 8. The molecule has 0 N–H and O–H groups in total. The maximum atomic E-state index is 6.63. The zero-order valence-corrected chi connectivity index (χ0v) is 32.2. The molecule has 8 aromatic carbocycles. The van der Waals surface area contributed by atoms with E-state index in [1.165, 1.54) is 44.1 Å². The van der Waals surface area contributed by atoms with Crippen molar-refractivity contribution in [3.05, 3.63) is 218 Å². The molecule has 0 aliphatic heterocycles. The molecule has 0 unspecified atom stereocenters. The van der Waals surface area contributed by atoms with E-state index in [0.29, 0.717) is 0 Å². The first kappa shape index (κ1) is 34.8. The van der Waals surface area contributed by atoms with Crippen molar-refractivity contribution in [3.63, 3.8) is 0 Å². The average molecular weight is 745 g/mol. The van der Waals surface area contributed by atoms with E-state index in [1.54, 1.807) is 6.08 Å². The van der Waals surface area contributed by atoms with Crippen LogP contribution in [0.1, 0.15) is 18.2 Å².